The predicted octanol–water partition coefficient (Wildman–Crippen LogP) is 2.75. The van der Waals surface area contributed by atoms with Crippen LogP contribution in [0, 0.1) is 5.41 Å². The predicted molar refractivity (Wildman–Crippen MR) is 122 cm³/mol. The molecule has 0 radical (unpaired) electrons. The third-order valence-corrected chi connectivity index (χ3v) is 5.22. The number of para-hydroxylation sites is 1. The Kier molecular flexibility index (Phi) is 6.95. The van der Waals surface area contributed by atoms with Crippen LogP contribution in [0.15, 0.2) is 54.6 Å². The average molecular weight is 423 g/mol. The Hall–Kier alpha value is -3.35. The maximum Gasteiger partial charge on any atom is 0.251 e. The first kappa shape index (κ1) is 22.3. The van der Waals surface area contributed by atoms with Crippen molar-refractivity contribution in [1.29, 1.82) is 0 Å². The van der Waals surface area contributed by atoms with Crippen molar-refractivity contribution in [2.75, 3.05) is 42.9 Å². The fraction of sp³-hybridized carbons (Fsp3) is 0.375. The monoisotopic (exact) mass is 422 g/mol. The fourth-order valence-corrected chi connectivity index (χ4v) is 3.28. The Morgan fingerprint density at radius 3 is 2.23 bits per heavy atom. The zero-order valence-corrected chi connectivity index (χ0v) is 18.4. The van der Waals surface area contributed by atoms with Crippen LogP contribution in [-0.4, -0.2) is 55.3 Å². The lowest BCUT2D eigenvalue weighted by Gasteiger charge is -2.36. The molecule has 7 heteroatoms. The van der Waals surface area contributed by atoms with Crippen LogP contribution in [-0.2, 0) is 9.59 Å². The minimum Gasteiger partial charge on any atom is -0.368 e. The van der Waals surface area contributed by atoms with Gasteiger partial charge in [-0.25, -0.2) is 0 Å². The lowest BCUT2D eigenvalue weighted by Crippen LogP contribution is -2.51. The van der Waals surface area contributed by atoms with Crippen molar-refractivity contribution >= 4 is 29.1 Å². The van der Waals surface area contributed by atoms with Gasteiger partial charge in [0.2, 0.25) is 11.8 Å². The number of hydrogen-bond donors (Lipinski definition) is 2. The molecule has 0 saturated carbocycles. The third-order valence-electron chi connectivity index (χ3n) is 5.22. The summed E-state index contributed by atoms with van der Waals surface area (Å²) in [7, 11) is 0. The van der Waals surface area contributed by atoms with Crippen LogP contribution < -0.4 is 15.5 Å². The minimum atomic E-state index is -0.533. The van der Waals surface area contributed by atoms with Crippen LogP contribution in [0.3, 0.4) is 0 Å². The minimum absolute atomic E-state index is 0.0528. The van der Waals surface area contributed by atoms with E-state index in [1.54, 1.807) is 29.2 Å². The van der Waals surface area contributed by atoms with Crippen LogP contribution in [0.2, 0.25) is 0 Å². The Balaban J connectivity index is 1.49. The van der Waals surface area contributed by atoms with Crippen molar-refractivity contribution < 1.29 is 14.4 Å². The zero-order valence-electron chi connectivity index (χ0n) is 18.4. The van der Waals surface area contributed by atoms with Crippen molar-refractivity contribution in [3.63, 3.8) is 0 Å². The summed E-state index contributed by atoms with van der Waals surface area (Å²) in [5.41, 5.74) is 1.57. The van der Waals surface area contributed by atoms with E-state index in [9.17, 15) is 14.4 Å². The van der Waals surface area contributed by atoms with Gasteiger partial charge in [-0.1, -0.05) is 45.0 Å². The normalized spacial score (nSPS) is 14.2. The molecule has 0 spiro atoms. The number of carbonyl (C=O) groups is 3. The topological polar surface area (TPSA) is 81.8 Å². The number of anilines is 2. The van der Waals surface area contributed by atoms with Gasteiger partial charge in [0.05, 0.1) is 6.54 Å². The first-order valence-electron chi connectivity index (χ1n) is 10.5. The molecule has 1 heterocycles. The van der Waals surface area contributed by atoms with Crippen LogP contribution in [0.1, 0.15) is 31.1 Å². The molecule has 0 bridgehead atoms. The Morgan fingerprint density at radius 1 is 0.903 bits per heavy atom. The molecule has 31 heavy (non-hydrogen) atoms. The van der Waals surface area contributed by atoms with Gasteiger partial charge in [0.15, 0.2) is 0 Å². The molecule has 2 aromatic rings. The number of amides is 3. The van der Waals surface area contributed by atoms with E-state index in [0.29, 0.717) is 24.3 Å². The van der Waals surface area contributed by atoms with E-state index in [-0.39, 0.29) is 24.3 Å². The lowest BCUT2D eigenvalue weighted by molar-refractivity contribution is -0.130. The molecule has 0 atom stereocenters. The highest BCUT2D eigenvalue weighted by molar-refractivity contribution is 5.99. The van der Waals surface area contributed by atoms with Crippen LogP contribution in [0.5, 0.6) is 0 Å². The number of carbonyl (C=O) groups excluding carboxylic acids is 3. The first-order chi connectivity index (χ1) is 14.7. The van der Waals surface area contributed by atoms with Crippen molar-refractivity contribution in [2.24, 2.45) is 5.41 Å². The van der Waals surface area contributed by atoms with Crippen molar-refractivity contribution in [3.05, 3.63) is 60.2 Å². The quantitative estimate of drug-likeness (QED) is 0.776. The molecular weight excluding hydrogens is 392 g/mol. The zero-order chi connectivity index (χ0) is 22.4. The highest BCUT2D eigenvalue weighted by atomic mass is 16.2. The van der Waals surface area contributed by atoms with Gasteiger partial charge in [0.1, 0.15) is 0 Å². The smallest absolute Gasteiger partial charge is 0.251 e. The third kappa shape index (κ3) is 6.07. The van der Waals surface area contributed by atoms with Gasteiger partial charge >= 0.3 is 0 Å². The molecule has 3 rings (SSSR count). The summed E-state index contributed by atoms with van der Waals surface area (Å²) < 4.78 is 0. The summed E-state index contributed by atoms with van der Waals surface area (Å²) in [5.74, 6) is -0.573. The molecule has 164 valence electrons. The second-order valence-electron chi connectivity index (χ2n) is 8.67. The van der Waals surface area contributed by atoms with Crippen LogP contribution in [0.4, 0.5) is 11.4 Å². The SMILES string of the molecule is CC(C)(C)C(=O)Nc1cccc(C(=O)NCC(=O)N2CCN(c3ccccc3)CC2)c1. The Morgan fingerprint density at radius 2 is 1.58 bits per heavy atom. The van der Waals surface area contributed by atoms with Crippen molar-refractivity contribution in [2.45, 2.75) is 20.8 Å². The second-order valence-corrected chi connectivity index (χ2v) is 8.67. The number of piperazine rings is 1. The fourth-order valence-electron chi connectivity index (χ4n) is 3.28. The highest BCUT2D eigenvalue weighted by Crippen LogP contribution is 2.18. The molecule has 2 aromatic carbocycles. The number of nitrogens with zero attached hydrogens (tertiary/aromatic N) is 2. The first-order valence-corrected chi connectivity index (χ1v) is 10.5. The molecule has 1 aliphatic heterocycles. The molecular formula is C24H30N4O3. The summed E-state index contributed by atoms with van der Waals surface area (Å²) in [6.07, 6.45) is 0. The summed E-state index contributed by atoms with van der Waals surface area (Å²) in [6, 6.07) is 16.8. The summed E-state index contributed by atoms with van der Waals surface area (Å²) in [4.78, 5) is 41.2. The Labute approximate surface area is 183 Å². The second kappa shape index (κ2) is 9.64. The number of hydrogen-bond acceptors (Lipinski definition) is 4. The average Bonchev–Trinajstić information content (AvgIpc) is 2.77. The molecule has 7 nitrogen and oxygen atoms in total. The van der Waals surface area contributed by atoms with Gasteiger partial charge in [0, 0.05) is 48.5 Å². The molecule has 0 aliphatic carbocycles. The molecule has 0 unspecified atom stereocenters. The Bertz CT molecular complexity index is 929. The van der Waals surface area contributed by atoms with E-state index >= 15 is 0 Å². The number of rotatable bonds is 5. The highest BCUT2D eigenvalue weighted by Gasteiger charge is 2.23. The van der Waals surface area contributed by atoms with E-state index < -0.39 is 5.41 Å². The van der Waals surface area contributed by atoms with Crippen molar-refractivity contribution in [3.8, 4) is 0 Å². The van der Waals surface area contributed by atoms with E-state index in [2.05, 4.69) is 27.7 Å². The van der Waals surface area contributed by atoms with Crippen LogP contribution >= 0.6 is 0 Å². The summed E-state index contributed by atoms with van der Waals surface area (Å²) in [6.45, 7) is 8.19. The lowest BCUT2D eigenvalue weighted by atomic mass is 9.95. The van der Waals surface area contributed by atoms with E-state index in [1.807, 2.05) is 39.0 Å². The standard InChI is InChI=1S/C24H30N4O3/c1-24(2,3)23(31)26-19-9-7-8-18(16-19)22(30)25-17-21(29)28-14-12-27(13-15-28)20-10-5-4-6-11-20/h4-11,16H,12-15,17H2,1-3H3,(H,25,30)(H,26,31). The van der Waals surface area contributed by atoms with Gasteiger partial charge in [-0.3, -0.25) is 14.4 Å². The van der Waals surface area contributed by atoms with Gasteiger partial charge in [-0.2, -0.15) is 0 Å². The molecule has 1 fully saturated rings. The van der Waals surface area contributed by atoms with E-state index in [0.717, 1.165) is 18.8 Å². The maximum absolute atomic E-state index is 12.5. The van der Waals surface area contributed by atoms with Gasteiger partial charge in [-0.05, 0) is 30.3 Å². The van der Waals surface area contributed by atoms with Gasteiger partial charge in [0.25, 0.3) is 5.91 Å². The van der Waals surface area contributed by atoms with Gasteiger partial charge < -0.3 is 20.4 Å². The largest absolute Gasteiger partial charge is 0.368 e. The molecule has 2 N–H and O–H groups in total. The number of nitrogens with one attached hydrogen (secondary N) is 2. The maximum atomic E-state index is 12.5. The summed E-state index contributed by atoms with van der Waals surface area (Å²) >= 11 is 0. The molecule has 1 aliphatic rings. The number of benzene rings is 2. The molecule has 0 aromatic heterocycles. The van der Waals surface area contributed by atoms with Crippen molar-refractivity contribution in [1.82, 2.24) is 10.2 Å². The van der Waals surface area contributed by atoms with Crippen LogP contribution in [0.25, 0.3) is 0 Å². The molecule has 1 saturated heterocycles. The van der Waals surface area contributed by atoms with E-state index in [4.69, 9.17) is 0 Å². The van der Waals surface area contributed by atoms with E-state index in [1.165, 1.54) is 0 Å². The molecule has 3 amide bonds. The van der Waals surface area contributed by atoms with Gasteiger partial charge in [-0.15, -0.1) is 0 Å². The summed E-state index contributed by atoms with van der Waals surface area (Å²) in [5, 5.41) is 5.51.